The van der Waals surface area contributed by atoms with Gasteiger partial charge in [0, 0.05) is 37.8 Å². The molecule has 5 amide bonds. The lowest BCUT2D eigenvalue weighted by molar-refractivity contribution is -0.143. The molecular formula is C40H63N11O8. The standard InChI is InChI=1S/C40H63N11O8/c1-5-24(4)34(39(58)59)50-33(53)20-32(52)28(17-23(2)3)47-36(55)30(19-26-21-44-22-46-26)48-35(54)29(18-25-11-7-6-8-12-25)49-37(56)31-14-10-16-51(31)38(57)27(41)13-9-15-45-40(42)43/h6-8,11-12,21-24,27-32,34,52H,5,9-10,13-20,41H2,1-4H3,(H,44,46)(H,47,55)(H,48,54)(H,49,56)(H,50,53)(H,58,59)(H4,42,43,45)/t24-,27-,28?,29-,30-,31-,32?,34-/m0/s1. The van der Waals surface area contributed by atoms with Crippen LogP contribution in [0.2, 0.25) is 0 Å². The Bertz CT molecular complexity index is 1700. The van der Waals surface area contributed by atoms with Gasteiger partial charge in [-0.1, -0.05) is 64.4 Å². The van der Waals surface area contributed by atoms with Crippen molar-refractivity contribution in [3.8, 4) is 0 Å². The van der Waals surface area contributed by atoms with E-state index in [0.29, 0.717) is 50.9 Å². The molecule has 0 spiro atoms. The van der Waals surface area contributed by atoms with Crippen molar-refractivity contribution in [1.82, 2.24) is 36.1 Å². The van der Waals surface area contributed by atoms with Crippen LogP contribution in [0.15, 0.2) is 47.8 Å². The number of rotatable bonds is 24. The summed E-state index contributed by atoms with van der Waals surface area (Å²) in [4.78, 5) is 92.7. The lowest BCUT2D eigenvalue weighted by Gasteiger charge is -2.30. The van der Waals surface area contributed by atoms with Crippen LogP contribution in [0.25, 0.3) is 0 Å². The number of carbonyl (C=O) groups is 6. The van der Waals surface area contributed by atoms with E-state index in [1.165, 1.54) is 17.4 Å². The van der Waals surface area contributed by atoms with Gasteiger partial charge in [-0.3, -0.25) is 29.0 Å². The van der Waals surface area contributed by atoms with Crippen LogP contribution in [0.5, 0.6) is 0 Å². The number of carboxylic acid groups (broad SMARTS) is 1. The highest BCUT2D eigenvalue weighted by atomic mass is 16.4. The average Bonchev–Trinajstić information content (AvgIpc) is 3.90. The molecule has 0 saturated carbocycles. The van der Waals surface area contributed by atoms with Crippen molar-refractivity contribution < 1.29 is 39.0 Å². The van der Waals surface area contributed by atoms with Crippen molar-refractivity contribution in [2.24, 2.45) is 34.0 Å². The van der Waals surface area contributed by atoms with Crippen LogP contribution in [-0.4, -0.2) is 122 Å². The van der Waals surface area contributed by atoms with Crippen molar-refractivity contribution >= 4 is 41.5 Å². The third-order valence-electron chi connectivity index (χ3n) is 10.4. The van der Waals surface area contributed by atoms with Crippen LogP contribution in [0.1, 0.15) is 83.9 Å². The highest BCUT2D eigenvalue weighted by Gasteiger charge is 2.38. The predicted molar refractivity (Wildman–Crippen MR) is 220 cm³/mol. The number of guanidine groups is 1. The van der Waals surface area contributed by atoms with Crippen molar-refractivity contribution in [1.29, 1.82) is 0 Å². The minimum atomic E-state index is -1.40. The largest absolute Gasteiger partial charge is 0.480 e. The van der Waals surface area contributed by atoms with E-state index >= 15 is 0 Å². The van der Waals surface area contributed by atoms with E-state index in [-0.39, 0.29) is 37.1 Å². The molecule has 0 aliphatic carbocycles. The second-order valence-electron chi connectivity index (χ2n) is 15.6. The first-order valence-electron chi connectivity index (χ1n) is 20.2. The molecule has 2 heterocycles. The number of carboxylic acids is 1. The van der Waals surface area contributed by atoms with Crippen LogP contribution < -0.4 is 38.5 Å². The van der Waals surface area contributed by atoms with Crippen molar-refractivity contribution in [3.05, 3.63) is 54.1 Å². The summed E-state index contributed by atoms with van der Waals surface area (Å²) in [5, 5.41) is 31.8. The topological polar surface area (TPSA) is 313 Å². The molecule has 3 rings (SSSR count). The van der Waals surface area contributed by atoms with Gasteiger partial charge >= 0.3 is 5.97 Å². The maximum absolute atomic E-state index is 14.2. The van der Waals surface area contributed by atoms with E-state index < -0.39 is 84.3 Å². The van der Waals surface area contributed by atoms with Crippen LogP contribution in [0.4, 0.5) is 0 Å². The minimum absolute atomic E-state index is 0.0442. The van der Waals surface area contributed by atoms with Gasteiger partial charge in [-0.05, 0) is 49.5 Å². The lowest BCUT2D eigenvalue weighted by Crippen LogP contribution is -2.59. The van der Waals surface area contributed by atoms with Crippen LogP contribution in [0, 0.1) is 11.8 Å². The van der Waals surface area contributed by atoms with Crippen LogP contribution in [-0.2, 0) is 41.6 Å². The molecule has 1 saturated heterocycles. The molecule has 0 bridgehead atoms. The Hall–Kier alpha value is -5.56. The van der Waals surface area contributed by atoms with Gasteiger partial charge in [0.15, 0.2) is 5.96 Å². The first kappa shape index (κ1) is 47.8. The number of aromatic amines is 1. The number of carbonyl (C=O) groups excluding carboxylic acids is 5. The number of aromatic nitrogens is 2. The zero-order valence-corrected chi connectivity index (χ0v) is 34.4. The smallest absolute Gasteiger partial charge is 0.326 e. The lowest BCUT2D eigenvalue weighted by atomic mass is 9.95. The minimum Gasteiger partial charge on any atom is -0.480 e. The van der Waals surface area contributed by atoms with Gasteiger partial charge in [-0.2, -0.15) is 0 Å². The fraction of sp³-hybridized carbons (Fsp3) is 0.600. The van der Waals surface area contributed by atoms with Crippen molar-refractivity contribution in [2.45, 2.75) is 128 Å². The van der Waals surface area contributed by atoms with E-state index in [1.807, 2.05) is 19.9 Å². The first-order valence-corrected chi connectivity index (χ1v) is 20.2. The molecule has 0 radical (unpaired) electrons. The fourth-order valence-corrected chi connectivity index (χ4v) is 6.93. The SMILES string of the molecule is CC[C@H](C)[C@H](NC(=O)CC(O)C(CC(C)C)NC(=O)[C@H](Cc1cnc[nH]1)NC(=O)[C@H](Cc1ccccc1)NC(=O)[C@@H]1CCCN1C(=O)[C@@H](N)CCCN=C(N)N)C(=O)O. The van der Waals surface area contributed by atoms with E-state index in [2.05, 4.69) is 36.2 Å². The summed E-state index contributed by atoms with van der Waals surface area (Å²) in [7, 11) is 0. The quantitative estimate of drug-likeness (QED) is 0.0362. The van der Waals surface area contributed by atoms with Gasteiger partial charge in [0.25, 0.3) is 0 Å². The second-order valence-corrected chi connectivity index (χ2v) is 15.6. The molecule has 1 fully saturated rings. The number of aliphatic carboxylic acids is 1. The Morgan fingerprint density at radius 2 is 1.66 bits per heavy atom. The number of hydrogen-bond donors (Lipinski definition) is 10. The maximum Gasteiger partial charge on any atom is 0.326 e. The number of benzene rings is 1. The molecule has 59 heavy (non-hydrogen) atoms. The van der Waals surface area contributed by atoms with Gasteiger partial charge < -0.3 is 58.6 Å². The number of nitrogens with two attached hydrogens (primary N) is 3. The molecule has 2 unspecified atom stereocenters. The number of nitrogens with zero attached hydrogens (tertiary/aromatic N) is 3. The van der Waals surface area contributed by atoms with Crippen molar-refractivity contribution in [3.63, 3.8) is 0 Å². The van der Waals surface area contributed by atoms with Gasteiger partial charge in [0.05, 0.1) is 30.9 Å². The molecule has 8 atom stereocenters. The Morgan fingerprint density at radius 1 is 0.983 bits per heavy atom. The van der Waals surface area contributed by atoms with Crippen LogP contribution in [0.3, 0.4) is 0 Å². The molecule has 326 valence electrons. The van der Waals surface area contributed by atoms with Gasteiger partial charge in [-0.25, -0.2) is 9.78 Å². The number of hydrogen-bond acceptors (Lipinski definition) is 10. The van der Waals surface area contributed by atoms with Gasteiger partial charge in [-0.15, -0.1) is 0 Å². The molecule has 13 N–H and O–H groups in total. The molecule has 19 heteroatoms. The summed E-state index contributed by atoms with van der Waals surface area (Å²) < 4.78 is 0. The van der Waals surface area contributed by atoms with Gasteiger partial charge in [0.1, 0.15) is 24.2 Å². The number of aliphatic hydroxyl groups is 1. The number of aliphatic imine (C=N–C) groups is 1. The number of nitrogens with one attached hydrogen (secondary N) is 5. The average molecular weight is 826 g/mol. The Labute approximate surface area is 345 Å². The zero-order valence-electron chi connectivity index (χ0n) is 34.4. The highest BCUT2D eigenvalue weighted by Crippen LogP contribution is 2.20. The zero-order chi connectivity index (χ0) is 43.6. The molecule has 1 aromatic carbocycles. The van der Waals surface area contributed by atoms with Crippen molar-refractivity contribution in [2.75, 3.05) is 13.1 Å². The number of imidazole rings is 1. The molecule has 1 aliphatic heterocycles. The van der Waals surface area contributed by atoms with E-state index in [1.54, 1.807) is 38.1 Å². The predicted octanol–water partition coefficient (Wildman–Crippen LogP) is -0.566. The summed E-state index contributed by atoms with van der Waals surface area (Å²) in [5.41, 5.74) is 18.2. The second kappa shape index (κ2) is 23.7. The third kappa shape index (κ3) is 15.6. The molecule has 2 aromatic rings. The summed E-state index contributed by atoms with van der Waals surface area (Å²) >= 11 is 0. The Morgan fingerprint density at radius 3 is 2.27 bits per heavy atom. The van der Waals surface area contributed by atoms with E-state index in [4.69, 9.17) is 17.2 Å². The summed E-state index contributed by atoms with van der Waals surface area (Å²) in [6.45, 7) is 7.85. The number of likely N-dealkylation sites (tertiary alicyclic amines) is 1. The molecule has 19 nitrogen and oxygen atoms in total. The highest BCUT2D eigenvalue weighted by molar-refractivity contribution is 5.95. The van der Waals surface area contributed by atoms with E-state index in [9.17, 15) is 39.0 Å². The Kier molecular flexibility index (Phi) is 19.2. The fourth-order valence-electron chi connectivity index (χ4n) is 6.93. The molecule has 1 aliphatic rings. The summed E-state index contributed by atoms with van der Waals surface area (Å²) in [6.07, 6.45) is 3.46. The number of aliphatic hydroxyl groups excluding tert-OH is 1. The third-order valence-corrected chi connectivity index (χ3v) is 10.4. The number of H-pyrrole nitrogens is 1. The Balaban J connectivity index is 1.82. The summed E-state index contributed by atoms with van der Waals surface area (Å²) in [6, 6.07) is 2.69. The number of amides is 5. The van der Waals surface area contributed by atoms with Crippen LogP contribution >= 0.6 is 0 Å². The molecular weight excluding hydrogens is 763 g/mol. The normalized spacial score (nSPS) is 17.4. The summed E-state index contributed by atoms with van der Waals surface area (Å²) in [5.74, 6) is -4.67. The van der Waals surface area contributed by atoms with E-state index in [0.717, 1.165) is 5.56 Å². The monoisotopic (exact) mass is 825 g/mol. The first-order chi connectivity index (χ1) is 28.0. The molecule has 1 aromatic heterocycles. The maximum atomic E-state index is 14.2. The van der Waals surface area contributed by atoms with Gasteiger partial charge in [0.2, 0.25) is 29.5 Å².